The van der Waals surface area contributed by atoms with Crippen LogP contribution >= 0.6 is 0 Å². The highest BCUT2D eigenvalue weighted by Gasteiger charge is 2.00. The van der Waals surface area contributed by atoms with Gasteiger partial charge in [0.05, 0.1) is 12.7 Å². The lowest BCUT2D eigenvalue weighted by molar-refractivity contribution is -0.128. The third-order valence-corrected chi connectivity index (χ3v) is 3.67. The second-order valence-electron chi connectivity index (χ2n) is 5.73. The Balaban J connectivity index is 3.22. The third-order valence-electron chi connectivity index (χ3n) is 3.67. The Bertz CT molecular complexity index is 239. The summed E-state index contributed by atoms with van der Waals surface area (Å²) in [6.45, 7) is 3.28. The van der Waals surface area contributed by atoms with Crippen molar-refractivity contribution < 1.29 is 14.6 Å². The molecule has 0 rings (SSSR count). The number of ether oxygens (including phenoxy) is 1. The molecule has 0 aliphatic carbocycles. The Labute approximate surface area is 130 Å². The molecule has 1 N–H and O–H groups in total. The molecule has 3 heteroatoms. The fourth-order valence-corrected chi connectivity index (χ4v) is 2.32. The average Bonchev–Trinajstić information content (AvgIpc) is 2.49. The summed E-state index contributed by atoms with van der Waals surface area (Å²) in [7, 11) is 0. The standard InChI is InChI=1S/C18H34O3/c1-2-3-4-11-14-18(20)15-12-9-7-5-6-8-10-13-16-21-17-19/h9,12,17-18,20H,2-8,10-11,13-16H2,1H3/b12-9-. The molecule has 0 heterocycles. The zero-order valence-corrected chi connectivity index (χ0v) is 13.8. The minimum Gasteiger partial charge on any atom is -0.468 e. The quantitative estimate of drug-likeness (QED) is 0.253. The molecule has 0 aliphatic heterocycles. The number of allylic oxidation sites excluding steroid dienone is 1. The summed E-state index contributed by atoms with van der Waals surface area (Å²) in [4.78, 5) is 9.93. The van der Waals surface area contributed by atoms with Gasteiger partial charge >= 0.3 is 0 Å². The highest BCUT2D eigenvalue weighted by Crippen LogP contribution is 2.10. The lowest BCUT2D eigenvalue weighted by atomic mass is 10.1. The van der Waals surface area contributed by atoms with E-state index >= 15 is 0 Å². The summed E-state index contributed by atoms with van der Waals surface area (Å²) in [5, 5.41) is 9.80. The van der Waals surface area contributed by atoms with Gasteiger partial charge in [0.2, 0.25) is 0 Å². The fraction of sp³-hybridized carbons (Fsp3) is 0.833. The number of aliphatic hydroxyl groups excluding tert-OH is 1. The monoisotopic (exact) mass is 298 g/mol. The van der Waals surface area contributed by atoms with E-state index in [4.69, 9.17) is 0 Å². The second-order valence-corrected chi connectivity index (χ2v) is 5.73. The maximum atomic E-state index is 9.93. The molecule has 1 unspecified atom stereocenters. The second kappa shape index (κ2) is 17.2. The van der Waals surface area contributed by atoms with Crippen LogP contribution in [-0.4, -0.2) is 24.3 Å². The van der Waals surface area contributed by atoms with E-state index in [1.807, 2.05) is 0 Å². The van der Waals surface area contributed by atoms with Crippen LogP contribution in [0.1, 0.15) is 84.0 Å². The summed E-state index contributed by atoms with van der Waals surface area (Å²) in [5.74, 6) is 0. The molecule has 3 nitrogen and oxygen atoms in total. The first-order valence-electron chi connectivity index (χ1n) is 8.69. The van der Waals surface area contributed by atoms with E-state index in [1.54, 1.807) is 0 Å². The van der Waals surface area contributed by atoms with Gasteiger partial charge < -0.3 is 9.84 Å². The van der Waals surface area contributed by atoms with Crippen LogP contribution in [-0.2, 0) is 9.53 Å². The first kappa shape index (κ1) is 20.2. The number of carbonyl (C=O) groups excluding carboxylic acids is 1. The average molecular weight is 298 g/mol. The molecule has 0 fully saturated rings. The maximum Gasteiger partial charge on any atom is 0.293 e. The Morgan fingerprint density at radius 2 is 1.67 bits per heavy atom. The van der Waals surface area contributed by atoms with Gasteiger partial charge in [-0.15, -0.1) is 0 Å². The predicted molar refractivity (Wildman–Crippen MR) is 88.2 cm³/mol. The van der Waals surface area contributed by atoms with E-state index in [-0.39, 0.29) is 6.10 Å². The van der Waals surface area contributed by atoms with Crippen molar-refractivity contribution in [3.8, 4) is 0 Å². The van der Waals surface area contributed by atoms with E-state index in [0.717, 1.165) is 38.5 Å². The van der Waals surface area contributed by atoms with Gasteiger partial charge in [-0.05, 0) is 32.1 Å². The summed E-state index contributed by atoms with van der Waals surface area (Å²) in [6, 6.07) is 0. The van der Waals surface area contributed by atoms with E-state index in [1.165, 1.54) is 38.5 Å². The summed E-state index contributed by atoms with van der Waals surface area (Å²) in [5.41, 5.74) is 0. The summed E-state index contributed by atoms with van der Waals surface area (Å²) >= 11 is 0. The Kier molecular flexibility index (Phi) is 16.5. The van der Waals surface area contributed by atoms with Crippen LogP contribution in [0.4, 0.5) is 0 Å². The lowest BCUT2D eigenvalue weighted by Gasteiger charge is -2.07. The first-order chi connectivity index (χ1) is 10.3. The van der Waals surface area contributed by atoms with Gasteiger partial charge in [-0.25, -0.2) is 0 Å². The van der Waals surface area contributed by atoms with Gasteiger partial charge in [-0.2, -0.15) is 0 Å². The van der Waals surface area contributed by atoms with Gasteiger partial charge in [0.15, 0.2) is 0 Å². The van der Waals surface area contributed by atoms with Crippen LogP contribution in [0, 0.1) is 0 Å². The number of hydrogen-bond acceptors (Lipinski definition) is 3. The van der Waals surface area contributed by atoms with Crippen molar-refractivity contribution in [1.29, 1.82) is 0 Å². The smallest absolute Gasteiger partial charge is 0.293 e. The van der Waals surface area contributed by atoms with Gasteiger partial charge in [-0.3, -0.25) is 4.79 Å². The minimum atomic E-state index is -0.157. The largest absolute Gasteiger partial charge is 0.468 e. The molecule has 0 aromatic heterocycles. The van der Waals surface area contributed by atoms with Crippen LogP contribution in [0.2, 0.25) is 0 Å². The molecule has 21 heavy (non-hydrogen) atoms. The number of aliphatic hydroxyl groups is 1. The normalized spacial score (nSPS) is 12.7. The number of rotatable bonds is 16. The summed E-state index contributed by atoms with van der Waals surface area (Å²) in [6.07, 6.45) is 17.7. The van der Waals surface area contributed by atoms with Crippen LogP contribution in [0.25, 0.3) is 0 Å². The molecule has 0 amide bonds. The maximum absolute atomic E-state index is 9.93. The van der Waals surface area contributed by atoms with Crippen molar-refractivity contribution in [1.82, 2.24) is 0 Å². The van der Waals surface area contributed by atoms with Crippen molar-refractivity contribution in [2.24, 2.45) is 0 Å². The highest BCUT2D eigenvalue weighted by atomic mass is 16.5. The van der Waals surface area contributed by atoms with E-state index in [2.05, 4.69) is 23.8 Å². The van der Waals surface area contributed by atoms with E-state index in [0.29, 0.717) is 13.1 Å². The van der Waals surface area contributed by atoms with Crippen molar-refractivity contribution in [3.05, 3.63) is 12.2 Å². The topological polar surface area (TPSA) is 46.5 Å². The molecule has 124 valence electrons. The fourth-order valence-electron chi connectivity index (χ4n) is 2.32. The van der Waals surface area contributed by atoms with E-state index in [9.17, 15) is 9.90 Å². The van der Waals surface area contributed by atoms with Gasteiger partial charge in [0, 0.05) is 0 Å². The van der Waals surface area contributed by atoms with Crippen molar-refractivity contribution in [3.63, 3.8) is 0 Å². The van der Waals surface area contributed by atoms with Crippen LogP contribution < -0.4 is 0 Å². The van der Waals surface area contributed by atoms with Gasteiger partial charge in [0.25, 0.3) is 6.47 Å². The molecule has 0 aromatic carbocycles. The van der Waals surface area contributed by atoms with Crippen molar-refractivity contribution in [2.75, 3.05) is 6.61 Å². The first-order valence-corrected chi connectivity index (χ1v) is 8.69. The van der Waals surface area contributed by atoms with Crippen molar-refractivity contribution >= 4 is 6.47 Å². The molecule has 0 aromatic rings. The zero-order valence-electron chi connectivity index (χ0n) is 13.8. The molecule has 0 radical (unpaired) electrons. The molecule has 0 spiro atoms. The van der Waals surface area contributed by atoms with Crippen LogP contribution in [0.5, 0.6) is 0 Å². The Morgan fingerprint density at radius 1 is 0.952 bits per heavy atom. The molecular weight excluding hydrogens is 264 g/mol. The van der Waals surface area contributed by atoms with Crippen LogP contribution in [0.15, 0.2) is 12.2 Å². The Hall–Kier alpha value is -0.830. The predicted octanol–water partition coefficient (Wildman–Crippen LogP) is 4.78. The van der Waals surface area contributed by atoms with Gasteiger partial charge in [-0.1, -0.05) is 64.0 Å². The highest BCUT2D eigenvalue weighted by molar-refractivity contribution is 5.36. The molecule has 0 bridgehead atoms. The minimum absolute atomic E-state index is 0.157. The molecule has 0 saturated carbocycles. The number of unbranched alkanes of at least 4 members (excludes halogenated alkanes) is 8. The SMILES string of the molecule is CCCCCCC(O)C/C=C\CCCCCCCOC=O. The molecular formula is C18H34O3. The third kappa shape index (κ3) is 17.1. The zero-order chi connectivity index (χ0) is 15.6. The number of hydrogen-bond donors (Lipinski definition) is 1. The lowest BCUT2D eigenvalue weighted by Crippen LogP contribution is -2.04. The Morgan fingerprint density at radius 3 is 2.43 bits per heavy atom. The van der Waals surface area contributed by atoms with Gasteiger partial charge in [0.1, 0.15) is 0 Å². The molecule has 0 aliphatic rings. The van der Waals surface area contributed by atoms with Crippen LogP contribution in [0.3, 0.4) is 0 Å². The summed E-state index contributed by atoms with van der Waals surface area (Å²) < 4.78 is 4.64. The van der Waals surface area contributed by atoms with Crippen molar-refractivity contribution in [2.45, 2.75) is 90.1 Å². The molecule has 1 atom stereocenters. The molecule has 0 saturated heterocycles. The number of carbonyl (C=O) groups is 1. The van der Waals surface area contributed by atoms with E-state index < -0.39 is 0 Å².